The highest BCUT2D eigenvalue weighted by atomic mass is 15.1. The molecule has 0 fully saturated rings. The molecule has 0 aromatic rings. The van der Waals surface area contributed by atoms with Crippen LogP contribution in [0.15, 0.2) is 0 Å². The monoisotopic (exact) mass is 84.1 g/mol. The van der Waals surface area contributed by atoms with Crippen molar-refractivity contribution < 1.29 is 0 Å². The van der Waals surface area contributed by atoms with Crippen LogP contribution in [0.5, 0.6) is 0 Å². The number of rotatable bonds is 2. The molecule has 0 amide bonds. The number of hydrogen-bond acceptors (Lipinski definition) is 1. The summed E-state index contributed by atoms with van der Waals surface area (Å²) in [6, 6.07) is 0. The first-order valence-electron chi connectivity index (χ1n) is 1.95. The van der Waals surface area contributed by atoms with Gasteiger partial charge in [-0.1, -0.05) is 0 Å². The SMILES string of the molecule is [CH2]N(C[CH2+])C[CH2-]. The third kappa shape index (κ3) is 2.09. The highest BCUT2D eigenvalue weighted by Crippen LogP contribution is 1.76. The molecule has 0 aliphatic carbocycles. The van der Waals surface area contributed by atoms with Crippen LogP contribution in [-0.4, -0.2) is 18.0 Å². The van der Waals surface area contributed by atoms with Crippen molar-refractivity contribution in [2.24, 2.45) is 0 Å². The standard InChI is InChI=1S/C5H10N/c1-4-6(3)5-2/h1-5H2. The van der Waals surface area contributed by atoms with Crippen LogP contribution >= 0.6 is 0 Å². The van der Waals surface area contributed by atoms with Gasteiger partial charge in [-0.05, 0) is 0 Å². The van der Waals surface area contributed by atoms with Crippen LogP contribution in [0.25, 0.3) is 0 Å². The summed E-state index contributed by atoms with van der Waals surface area (Å²) in [5.74, 6) is 0. The van der Waals surface area contributed by atoms with Gasteiger partial charge in [0.25, 0.3) is 0 Å². The first kappa shape index (κ1) is 5.83. The van der Waals surface area contributed by atoms with Crippen LogP contribution in [-0.2, 0) is 0 Å². The van der Waals surface area contributed by atoms with Gasteiger partial charge in [0.1, 0.15) is 6.54 Å². The van der Waals surface area contributed by atoms with E-state index in [2.05, 4.69) is 20.9 Å². The van der Waals surface area contributed by atoms with Crippen LogP contribution < -0.4 is 0 Å². The lowest BCUT2D eigenvalue weighted by Crippen LogP contribution is -2.13. The average molecular weight is 84.1 g/mol. The summed E-state index contributed by atoms with van der Waals surface area (Å²) in [6.45, 7) is 8.64. The zero-order valence-electron chi connectivity index (χ0n) is 3.98. The fourth-order valence-corrected chi connectivity index (χ4v) is 0.112. The van der Waals surface area contributed by atoms with Crippen molar-refractivity contribution in [3.8, 4) is 0 Å². The van der Waals surface area contributed by atoms with Gasteiger partial charge >= 0.3 is 0 Å². The van der Waals surface area contributed by atoms with E-state index in [1.807, 2.05) is 0 Å². The summed E-state index contributed by atoms with van der Waals surface area (Å²) in [7, 11) is 3.58. The zero-order chi connectivity index (χ0) is 4.99. The summed E-state index contributed by atoms with van der Waals surface area (Å²) in [4.78, 5) is 1.78. The van der Waals surface area contributed by atoms with E-state index in [0.717, 1.165) is 13.1 Å². The smallest absolute Gasteiger partial charge is 0.136 e. The van der Waals surface area contributed by atoms with Gasteiger partial charge in [0.05, 0.1) is 6.92 Å². The highest BCUT2D eigenvalue weighted by molar-refractivity contribution is 4.55. The first-order chi connectivity index (χ1) is 2.81. The van der Waals surface area contributed by atoms with Crippen molar-refractivity contribution >= 4 is 0 Å². The Bertz CT molecular complexity index is 23.1. The second-order valence-electron chi connectivity index (χ2n) is 1.12. The summed E-state index contributed by atoms with van der Waals surface area (Å²) < 4.78 is 0. The van der Waals surface area contributed by atoms with Gasteiger partial charge in [0.2, 0.25) is 0 Å². The molecule has 0 saturated carbocycles. The second-order valence-corrected chi connectivity index (χ2v) is 1.12. The summed E-state index contributed by atoms with van der Waals surface area (Å²) in [5.41, 5.74) is 0. The Morgan fingerprint density at radius 1 is 1.83 bits per heavy atom. The van der Waals surface area contributed by atoms with E-state index in [9.17, 15) is 0 Å². The average Bonchev–Trinajstić information content (AvgIpc) is 1.65. The van der Waals surface area contributed by atoms with Gasteiger partial charge in [0.15, 0.2) is 0 Å². The first-order valence-corrected chi connectivity index (χ1v) is 1.95. The maximum Gasteiger partial charge on any atom is 0.136 e. The predicted octanol–water partition coefficient (Wildman–Crippen LogP) is 0.748. The third-order valence-electron chi connectivity index (χ3n) is 0.632. The highest BCUT2D eigenvalue weighted by Gasteiger charge is 1.83. The van der Waals surface area contributed by atoms with Crippen molar-refractivity contribution in [1.29, 1.82) is 0 Å². The van der Waals surface area contributed by atoms with Crippen molar-refractivity contribution in [1.82, 2.24) is 4.90 Å². The molecular formula is C5H10N. The summed E-state index contributed by atoms with van der Waals surface area (Å²) in [5, 5.41) is 0. The van der Waals surface area contributed by atoms with Crippen LogP contribution in [0.4, 0.5) is 0 Å². The largest absolute Gasteiger partial charge is 0.329 e. The van der Waals surface area contributed by atoms with Crippen molar-refractivity contribution in [2.45, 2.75) is 0 Å². The van der Waals surface area contributed by atoms with E-state index in [1.165, 1.54) is 0 Å². The van der Waals surface area contributed by atoms with Crippen molar-refractivity contribution in [3.63, 3.8) is 0 Å². The molecule has 35 valence electrons. The molecule has 6 heavy (non-hydrogen) atoms. The molecule has 0 aromatic carbocycles. The van der Waals surface area contributed by atoms with E-state index in [-0.39, 0.29) is 0 Å². The quantitative estimate of drug-likeness (QED) is 0.446. The van der Waals surface area contributed by atoms with Gasteiger partial charge in [-0.25, -0.2) is 0 Å². The fourth-order valence-electron chi connectivity index (χ4n) is 0.112. The van der Waals surface area contributed by atoms with E-state index >= 15 is 0 Å². The Hall–Kier alpha value is -0.170. The summed E-state index contributed by atoms with van der Waals surface area (Å²) >= 11 is 0. The van der Waals surface area contributed by atoms with E-state index in [0.29, 0.717) is 0 Å². The molecule has 0 rings (SSSR count). The Kier molecular flexibility index (Phi) is 2.95. The fraction of sp³-hybridized carbons (Fsp3) is 0.400. The Morgan fingerprint density at radius 2 is 2.33 bits per heavy atom. The van der Waals surface area contributed by atoms with Crippen LogP contribution in [0.3, 0.4) is 0 Å². The van der Waals surface area contributed by atoms with Gasteiger partial charge in [-0.3, -0.25) is 4.90 Å². The van der Waals surface area contributed by atoms with Crippen LogP contribution in [0, 0.1) is 20.9 Å². The minimum absolute atomic E-state index is 0.740. The van der Waals surface area contributed by atoms with Gasteiger partial charge in [-0.2, -0.15) is 0 Å². The molecule has 1 heteroatoms. The molecule has 0 unspecified atom stereocenters. The van der Waals surface area contributed by atoms with Crippen LogP contribution in [0.1, 0.15) is 0 Å². The molecule has 0 aliphatic heterocycles. The molecular weight excluding hydrogens is 74.1 g/mol. The summed E-state index contributed by atoms with van der Waals surface area (Å²) in [6.07, 6.45) is 0. The molecule has 0 bridgehead atoms. The van der Waals surface area contributed by atoms with Crippen molar-refractivity contribution in [3.05, 3.63) is 20.9 Å². The molecule has 0 spiro atoms. The molecule has 0 N–H and O–H groups in total. The van der Waals surface area contributed by atoms with Gasteiger partial charge in [0, 0.05) is 7.05 Å². The maximum atomic E-state index is 3.58. The van der Waals surface area contributed by atoms with E-state index < -0.39 is 0 Å². The van der Waals surface area contributed by atoms with Crippen molar-refractivity contribution in [2.75, 3.05) is 13.1 Å². The number of hydrogen-bond donors (Lipinski definition) is 0. The lowest BCUT2D eigenvalue weighted by molar-refractivity contribution is 0.452. The van der Waals surface area contributed by atoms with E-state index in [1.54, 1.807) is 4.90 Å². The Morgan fingerprint density at radius 3 is 2.33 bits per heavy atom. The molecule has 0 aromatic heterocycles. The minimum atomic E-state index is 0.740. The molecule has 0 heterocycles. The normalized spacial score (nSPS) is 9.83. The molecule has 1 radical (unpaired) electrons. The van der Waals surface area contributed by atoms with Gasteiger partial charge in [-0.15, -0.1) is 6.54 Å². The third-order valence-corrected chi connectivity index (χ3v) is 0.632. The number of nitrogens with zero attached hydrogens (tertiary/aromatic N) is 1. The zero-order valence-corrected chi connectivity index (χ0v) is 3.98. The lowest BCUT2D eigenvalue weighted by Gasteiger charge is -2.07. The maximum absolute atomic E-state index is 3.58. The minimum Gasteiger partial charge on any atom is -0.329 e. The topological polar surface area (TPSA) is 3.24 Å². The Labute approximate surface area is 40.0 Å². The molecule has 0 atom stereocenters. The van der Waals surface area contributed by atoms with Crippen LogP contribution in [0.2, 0.25) is 0 Å². The second kappa shape index (κ2) is 3.04. The lowest BCUT2D eigenvalue weighted by atomic mass is 10.6. The van der Waals surface area contributed by atoms with E-state index in [4.69, 9.17) is 0 Å². The molecule has 0 aliphatic rings. The molecule has 1 nitrogen and oxygen atoms in total. The Balaban J connectivity index is 2.75. The molecule has 0 saturated heterocycles. The van der Waals surface area contributed by atoms with Gasteiger partial charge < -0.3 is 6.92 Å². The predicted molar refractivity (Wildman–Crippen MR) is 27.6 cm³/mol.